The Morgan fingerprint density at radius 2 is 1.29 bits per heavy atom. The second kappa shape index (κ2) is 15.6. The number of hydrogen-bond acceptors (Lipinski definition) is 6. The average Bonchev–Trinajstić information content (AvgIpc) is 3.60. The third-order valence-corrected chi connectivity index (χ3v) is 18.1. The summed E-state index contributed by atoms with van der Waals surface area (Å²) in [5.74, 6) is 0.0787. The molecule has 0 aliphatic carbocycles. The first kappa shape index (κ1) is 37.9. The number of anilines is 1. The molecule has 4 aromatic carbocycles. The SMILES string of the molecule is CC(C)[C@@H](NC(=O)c1csc(N2CC(C(C)(C)C)C2O[Si](c2ccccc2)c2ccccc2)n1)O[Si](c1ccccc1)(c1ccccc1)C(C)(C)C. The number of nitrogens with one attached hydrogen (secondary N) is 1. The normalized spacial score (nSPS) is 17.2. The van der Waals surface area contributed by atoms with Gasteiger partial charge in [0.25, 0.3) is 23.3 Å². The van der Waals surface area contributed by atoms with Gasteiger partial charge in [-0.2, -0.15) is 0 Å². The highest BCUT2D eigenvalue weighted by Gasteiger charge is 2.52. The minimum atomic E-state index is -2.91. The molecule has 1 fully saturated rings. The summed E-state index contributed by atoms with van der Waals surface area (Å²) in [7, 11) is -4.47. The molecule has 2 heterocycles. The molecule has 0 spiro atoms. The minimum absolute atomic E-state index is 0.0148. The number of carbonyl (C=O) groups excluding carboxylic acids is 1. The molecule has 2 unspecified atom stereocenters. The maximum Gasteiger partial charge on any atom is 0.285 e. The van der Waals surface area contributed by atoms with Crippen LogP contribution in [0.3, 0.4) is 0 Å². The molecular weight excluding hydrogens is 695 g/mol. The highest BCUT2D eigenvalue weighted by Crippen LogP contribution is 2.43. The van der Waals surface area contributed by atoms with Gasteiger partial charge in [-0.05, 0) is 37.1 Å². The van der Waals surface area contributed by atoms with E-state index in [1.807, 2.05) is 29.6 Å². The fourth-order valence-electron chi connectivity index (χ4n) is 7.04. The fourth-order valence-corrected chi connectivity index (χ4v) is 14.7. The topological polar surface area (TPSA) is 63.7 Å². The fraction of sp³-hybridized carbons (Fsp3) is 0.349. The van der Waals surface area contributed by atoms with Crippen molar-refractivity contribution in [3.05, 3.63) is 132 Å². The van der Waals surface area contributed by atoms with E-state index in [-0.39, 0.29) is 28.5 Å². The van der Waals surface area contributed by atoms with Crippen molar-refractivity contribution in [1.29, 1.82) is 0 Å². The third kappa shape index (κ3) is 7.89. The van der Waals surface area contributed by atoms with Crippen LogP contribution in [0.5, 0.6) is 0 Å². The second-order valence-electron chi connectivity index (χ2n) is 16.1. The number of amides is 1. The molecule has 271 valence electrons. The molecule has 1 aliphatic heterocycles. The first-order valence-electron chi connectivity index (χ1n) is 18.3. The minimum Gasteiger partial charge on any atom is -0.387 e. The van der Waals surface area contributed by atoms with Crippen LogP contribution in [-0.4, -0.2) is 47.2 Å². The van der Waals surface area contributed by atoms with E-state index in [0.29, 0.717) is 11.6 Å². The van der Waals surface area contributed by atoms with Gasteiger partial charge in [-0.15, -0.1) is 11.3 Å². The van der Waals surface area contributed by atoms with Gasteiger partial charge in [0.2, 0.25) is 0 Å². The van der Waals surface area contributed by atoms with E-state index in [1.54, 1.807) is 0 Å². The van der Waals surface area contributed by atoms with Gasteiger partial charge in [0.15, 0.2) is 5.13 Å². The van der Waals surface area contributed by atoms with Crippen LogP contribution in [0.1, 0.15) is 65.9 Å². The Bertz CT molecular complexity index is 1820. The van der Waals surface area contributed by atoms with Crippen molar-refractivity contribution >= 4 is 60.5 Å². The summed E-state index contributed by atoms with van der Waals surface area (Å²) in [5, 5.41) is 10.5. The predicted octanol–water partition coefficient (Wildman–Crippen LogP) is 7.06. The number of thiazole rings is 1. The van der Waals surface area contributed by atoms with Crippen LogP contribution in [0.25, 0.3) is 0 Å². The van der Waals surface area contributed by atoms with Crippen molar-refractivity contribution in [2.24, 2.45) is 17.3 Å². The van der Waals surface area contributed by atoms with Crippen molar-refractivity contribution in [1.82, 2.24) is 10.3 Å². The molecule has 1 aliphatic rings. The Morgan fingerprint density at radius 3 is 1.73 bits per heavy atom. The summed E-state index contributed by atoms with van der Waals surface area (Å²) < 4.78 is 14.5. The number of benzene rings is 4. The van der Waals surface area contributed by atoms with Crippen LogP contribution in [0.15, 0.2) is 127 Å². The predicted molar refractivity (Wildman–Crippen MR) is 220 cm³/mol. The summed E-state index contributed by atoms with van der Waals surface area (Å²) in [5.41, 5.74) is 0.424. The van der Waals surface area contributed by atoms with Gasteiger partial charge in [-0.1, -0.05) is 177 Å². The zero-order valence-corrected chi connectivity index (χ0v) is 34.5. The van der Waals surface area contributed by atoms with Crippen LogP contribution < -0.4 is 31.0 Å². The summed E-state index contributed by atoms with van der Waals surface area (Å²) in [6, 6.07) is 42.2. The molecule has 5 aromatic rings. The molecule has 6 rings (SSSR count). The number of aromatic nitrogens is 1. The number of hydrogen-bond donors (Lipinski definition) is 1. The third-order valence-electron chi connectivity index (χ3n) is 10.0. The van der Waals surface area contributed by atoms with Crippen LogP contribution in [0.4, 0.5) is 5.13 Å². The van der Waals surface area contributed by atoms with E-state index in [0.717, 1.165) is 11.7 Å². The highest BCUT2D eigenvalue weighted by atomic mass is 32.1. The summed E-state index contributed by atoms with van der Waals surface area (Å²) in [6.07, 6.45) is -0.700. The van der Waals surface area contributed by atoms with E-state index >= 15 is 0 Å². The van der Waals surface area contributed by atoms with Crippen molar-refractivity contribution < 1.29 is 13.6 Å². The Hall–Kier alpha value is -3.87. The van der Waals surface area contributed by atoms with Crippen molar-refractivity contribution in [2.45, 2.75) is 72.9 Å². The smallest absolute Gasteiger partial charge is 0.285 e. The van der Waals surface area contributed by atoms with Crippen LogP contribution in [0, 0.1) is 17.3 Å². The number of nitrogens with zero attached hydrogens (tertiary/aromatic N) is 2. The van der Waals surface area contributed by atoms with Gasteiger partial charge in [0.1, 0.15) is 18.1 Å². The summed E-state index contributed by atoms with van der Waals surface area (Å²) in [4.78, 5) is 21.3. The van der Waals surface area contributed by atoms with Crippen molar-refractivity contribution in [2.75, 3.05) is 11.4 Å². The van der Waals surface area contributed by atoms with Crippen molar-refractivity contribution in [3.63, 3.8) is 0 Å². The van der Waals surface area contributed by atoms with Crippen LogP contribution in [-0.2, 0) is 8.85 Å². The van der Waals surface area contributed by atoms with E-state index in [2.05, 4.69) is 163 Å². The lowest BCUT2D eigenvalue weighted by Gasteiger charge is -2.53. The lowest BCUT2D eigenvalue weighted by molar-refractivity contribution is 0.00493. The maximum atomic E-state index is 14.1. The van der Waals surface area contributed by atoms with Gasteiger partial charge in [0, 0.05) is 17.8 Å². The molecule has 6 nitrogen and oxygen atoms in total. The lowest BCUT2D eigenvalue weighted by Crippen LogP contribution is -2.69. The zero-order valence-electron chi connectivity index (χ0n) is 31.7. The molecular formula is C43H52N3O3SSi2. The standard InChI is InChI=1S/C43H52N3O3SSi2/c1-31(2)39(49-52(43(6,7)8,34-25-17-11-18-26-34)35-27-19-12-20-28-35)45-38(47)37-30-50-41(44-37)46-29-36(42(3,4)5)40(46)48-51(32-21-13-9-14-22-32)33-23-15-10-16-24-33/h9-28,30-31,36,39-40H,29H2,1-8H3,(H,45,47)/t36?,39-,40?/m0/s1. The van der Waals surface area contributed by atoms with E-state index in [1.165, 1.54) is 32.1 Å². The van der Waals surface area contributed by atoms with Gasteiger partial charge in [0.05, 0.1) is 0 Å². The van der Waals surface area contributed by atoms with E-state index in [9.17, 15) is 4.79 Å². The number of rotatable bonds is 12. The molecule has 52 heavy (non-hydrogen) atoms. The molecule has 9 heteroatoms. The first-order chi connectivity index (χ1) is 24.8. The molecule has 1 aromatic heterocycles. The molecule has 3 atom stereocenters. The highest BCUT2D eigenvalue weighted by molar-refractivity contribution is 7.14. The monoisotopic (exact) mass is 746 g/mol. The summed E-state index contributed by atoms with van der Waals surface area (Å²) >= 11 is 1.50. The van der Waals surface area contributed by atoms with E-state index in [4.69, 9.17) is 13.8 Å². The Labute approximate surface area is 317 Å². The largest absolute Gasteiger partial charge is 0.387 e. The molecule has 1 radical (unpaired) electrons. The van der Waals surface area contributed by atoms with Crippen molar-refractivity contribution in [3.8, 4) is 0 Å². The Morgan fingerprint density at radius 1 is 0.808 bits per heavy atom. The van der Waals surface area contributed by atoms with Crippen LogP contribution >= 0.6 is 11.3 Å². The molecule has 0 saturated carbocycles. The van der Waals surface area contributed by atoms with Gasteiger partial charge < -0.3 is 19.1 Å². The Kier molecular flexibility index (Phi) is 11.4. The van der Waals surface area contributed by atoms with Gasteiger partial charge in [-0.25, -0.2) is 4.98 Å². The van der Waals surface area contributed by atoms with Gasteiger partial charge >= 0.3 is 0 Å². The summed E-state index contributed by atoms with van der Waals surface area (Å²) in [6.45, 7) is 18.6. The molecule has 0 bridgehead atoms. The Balaban J connectivity index is 1.27. The van der Waals surface area contributed by atoms with Crippen LogP contribution in [0.2, 0.25) is 5.04 Å². The first-order valence-corrected chi connectivity index (χ1v) is 22.5. The molecule has 1 amide bonds. The van der Waals surface area contributed by atoms with E-state index < -0.39 is 23.6 Å². The maximum absolute atomic E-state index is 14.1. The quantitative estimate of drug-likeness (QED) is 0.110. The molecule has 1 saturated heterocycles. The number of carbonyl (C=O) groups is 1. The average molecular weight is 747 g/mol. The van der Waals surface area contributed by atoms with Gasteiger partial charge in [-0.3, -0.25) is 4.79 Å². The second-order valence-corrected chi connectivity index (χ2v) is 23.3. The lowest BCUT2D eigenvalue weighted by atomic mass is 9.74. The molecule has 1 N–H and O–H groups in total. The zero-order chi connectivity index (χ0) is 37.1.